The number of hydrogen-bond donors (Lipinski definition) is 0. The third kappa shape index (κ3) is 4.86. The molecular weight excluding hydrogens is 453 g/mol. The average Bonchev–Trinajstić information content (AvgIpc) is 3.14. The normalized spacial score (nSPS) is 17.5. The van der Waals surface area contributed by atoms with Crippen molar-refractivity contribution in [1.29, 1.82) is 0 Å². The van der Waals surface area contributed by atoms with Gasteiger partial charge in [0.15, 0.2) is 15.0 Å². The molecule has 0 spiro atoms. The van der Waals surface area contributed by atoms with Gasteiger partial charge in [0.1, 0.15) is 5.82 Å². The van der Waals surface area contributed by atoms with Crippen LogP contribution in [-0.2, 0) is 21.2 Å². The summed E-state index contributed by atoms with van der Waals surface area (Å²) in [5.41, 5.74) is 1.01. The fraction of sp³-hybridized carbons (Fsp3) is 0.318. The molecule has 4 rings (SSSR count). The Bertz CT molecular complexity index is 1320. The summed E-state index contributed by atoms with van der Waals surface area (Å²) in [6, 6.07) is 12.5. The largest absolute Gasteiger partial charge is 0.341 e. The van der Waals surface area contributed by atoms with E-state index in [0.717, 1.165) is 17.3 Å². The van der Waals surface area contributed by atoms with Crippen LogP contribution in [0.2, 0.25) is 0 Å². The van der Waals surface area contributed by atoms with Crippen LogP contribution in [0.4, 0.5) is 4.39 Å². The molecule has 1 saturated heterocycles. The van der Waals surface area contributed by atoms with Gasteiger partial charge in [0, 0.05) is 13.1 Å². The number of sulfone groups is 1. The van der Waals surface area contributed by atoms with Crippen molar-refractivity contribution < 1.29 is 17.6 Å². The van der Waals surface area contributed by atoms with E-state index < -0.39 is 9.84 Å². The fourth-order valence-corrected chi connectivity index (χ4v) is 6.38. The SMILES string of the molecule is CN(C(=O)CSc1nc2ccccc2c(=O)n1Cc1ccc(F)cc1)[C@@H]1CCS(=O)(=O)C1. The molecule has 3 aromatic rings. The highest BCUT2D eigenvalue weighted by atomic mass is 32.2. The summed E-state index contributed by atoms with van der Waals surface area (Å²) >= 11 is 1.13. The molecule has 0 N–H and O–H groups in total. The maximum Gasteiger partial charge on any atom is 0.262 e. The van der Waals surface area contributed by atoms with Crippen molar-refractivity contribution in [3.05, 3.63) is 70.3 Å². The number of amides is 1. The Morgan fingerprint density at radius 2 is 1.94 bits per heavy atom. The smallest absolute Gasteiger partial charge is 0.262 e. The van der Waals surface area contributed by atoms with Crippen molar-refractivity contribution in [3.63, 3.8) is 0 Å². The second kappa shape index (κ2) is 9.03. The number of hydrogen-bond acceptors (Lipinski definition) is 6. The molecule has 2 aromatic carbocycles. The van der Waals surface area contributed by atoms with Gasteiger partial charge in [0.2, 0.25) is 5.91 Å². The lowest BCUT2D eigenvalue weighted by Crippen LogP contribution is -2.39. The van der Waals surface area contributed by atoms with Crippen LogP contribution >= 0.6 is 11.8 Å². The van der Waals surface area contributed by atoms with E-state index in [9.17, 15) is 22.4 Å². The van der Waals surface area contributed by atoms with Gasteiger partial charge in [-0.15, -0.1) is 0 Å². The lowest BCUT2D eigenvalue weighted by atomic mass is 10.2. The van der Waals surface area contributed by atoms with Crippen molar-refractivity contribution in [3.8, 4) is 0 Å². The van der Waals surface area contributed by atoms with Crippen LogP contribution in [0.15, 0.2) is 58.5 Å². The summed E-state index contributed by atoms with van der Waals surface area (Å²) in [6.07, 6.45) is 0.429. The average molecular weight is 476 g/mol. The maximum atomic E-state index is 13.3. The number of carbonyl (C=O) groups excluding carboxylic acids is 1. The van der Waals surface area contributed by atoms with Crippen molar-refractivity contribution >= 4 is 38.4 Å². The first kappa shape index (κ1) is 22.5. The van der Waals surface area contributed by atoms with Gasteiger partial charge in [-0.3, -0.25) is 14.2 Å². The lowest BCUT2D eigenvalue weighted by molar-refractivity contribution is -0.128. The monoisotopic (exact) mass is 475 g/mol. The molecule has 0 aliphatic carbocycles. The van der Waals surface area contributed by atoms with Crippen LogP contribution in [0, 0.1) is 5.82 Å². The molecule has 0 bridgehead atoms. The number of rotatable bonds is 6. The zero-order valence-corrected chi connectivity index (χ0v) is 19.0. The molecule has 10 heteroatoms. The molecule has 32 heavy (non-hydrogen) atoms. The molecular formula is C22H22FN3O4S2. The summed E-state index contributed by atoms with van der Waals surface area (Å²) in [5.74, 6) is -0.515. The first-order chi connectivity index (χ1) is 15.2. The highest BCUT2D eigenvalue weighted by molar-refractivity contribution is 7.99. The molecule has 1 amide bonds. The van der Waals surface area contributed by atoms with E-state index in [4.69, 9.17) is 0 Å². The third-order valence-corrected chi connectivity index (χ3v) is 8.27. The minimum Gasteiger partial charge on any atom is -0.341 e. The molecule has 7 nitrogen and oxygen atoms in total. The Morgan fingerprint density at radius 1 is 1.22 bits per heavy atom. The number of fused-ring (bicyclic) bond motifs is 1. The summed E-state index contributed by atoms with van der Waals surface area (Å²) in [4.78, 5) is 31.9. The van der Waals surface area contributed by atoms with Gasteiger partial charge in [-0.1, -0.05) is 36.0 Å². The molecule has 2 heterocycles. The Morgan fingerprint density at radius 3 is 2.62 bits per heavy atom. The number of benzene rings is 2. The molecule has 0 saturated carbocycles. The summed E-state index contributed by atoms with van der Waals surface area (Å²) < 4.78 is 38.2. The molecule has 1 aliphatic heterocycles. The topological polar surface area (TPSA) is 89.3 Å². The summed E-state index contributed by atoms with van der Waals surface area (Å²) in [5, 5.41) is 0.831. The minimum absolute atomic E-state index is 0.0151. The predicted molar refractivity (Wildman–Crippen MR) is 122 cm³/mol. The second-order valence-corrected chi connectivity index (χ2v) is 11.0. The maximum absolute atomic E-state index is 13.3. The Labute approximate surface area is 189 Å². The van der Waals surface area contributed by atoms with Crippen molar-refractivity contribution in [2.45, 2.75) is 24.2 Å². The Balaban J connectivity index is 1.60. The van der Waals surface area contributed by atoms with E-state index in [0.29, 0.717) is 22.5 Å². The number of para-hydroxylation sites is 1. The van der Waals surface area contributed by atoms with Crippen LogP contribution < -0.4 is 5.56 Å². The number of carbonyl (C=O) groups is 1. The molecule has 168 valence electrons. The first-order valence-electron chi connectivity index (χ1n) is 10.1. The summed E-state index contributed by atoms with van der Waals surface area (Å²) in [7, 11) is -1.50. The molecule has 0 unspecified atom stereocenters. The Hall–Kier alpha value is -2.72. The van der Waals surface area contributed by atoms with Crippen molar-refractivity contribution in [2.24, 2.45) is 0 Å². The van der Waals surface area contributed by atoms with Gasteiger partial charge in [-0.25, -0.2) is 17.8 Å². The van der Waals surface area contributed by atoms with Gasteiger partial charge >= 0.3 is 0 Å². The van der Waals surface area contributed by atoms with E-state index >= 15 is 0 Å². The molecule has 1 fully saturated rings. The van der Waals surface area contributed by atoms with Crippen LogP contribution in [0.3, 0.4) is 0 Å². The van der Waals surface area contributed by atoms with E-state index in [1.54, 1.807) is 43.4 Å². The number of thioether (sulfide) groups is 1. The fourth-order valence-electron chi connectivity index (χ4n) is 3.68. The van der Waals surface area contributed by atoms with Crippen LogP contribution in [0.5, 0.6) is 0 Å². The third-order valence-electron chi connectivity index (χ3n) is 5.55. The van der Waals surface area contributed by atoms with E-state index in [1.165, 1.54) is 21.6 Å². The van der Waals surface area contributed by atoms with Gasteiger partial charge in [-0.2, -0.15) is 0 Å². The van der Waals surface area contributed by atoms with Crippen LogP contribution in [-0.4, -0.2) is 59.1 Å². The van der Waals surface area contributed by atoms with Crippen molar-refractivity contribution in [1.82, 2.24) is 14.5 Å². The zero-order chi connectivity index (χ0) is 22.9. The van der Waals surface area contributed by atoms with Crippen molar-refractivity contribution in [2.75, 3.05) is 24.3 Å². The van der Waals surface area contributed by atoms with E-state index in [1.807, 2.05) is 0 Å². The molecule has 1 aromatic heterocycles. The molecule has 1 atom stereocenters. The standard InChI is InChI=1S/C22H22FN3O4S2/c1-25(17-10-11-32(29,30)14-17)20(27)13-31-22-24-19-5-3-2-4-18(19)21(28)26(22)12-15-6-8-16(23)9-7-15/h2-9,17H,10-14H2,1H3/t17-/m1/s1. The second-order valence-electron chi connectivity index (χ2n) is 7.78. The van der Waals surface area contributed by atoms with Gasteiger partial charge in [0.05, 0.1) is 34.7 Å². The predicted octanol–water partition coefficient (Wildman–Crippen LogP) is 2.32. The lowest BCUT2D eigenvalue weighted by Gasteiger charge is -2.23. The molecule has 0 radical (unpaired) electrons. The minimum atomic E-state index is -3.10. The zero-order valence-electron chi connectivity index (χ0n) is 17.4. The summed E-state index contributed by atoms with van der Waals surface area (Å²) in [6.45, 7) is 0.185. The Kier molecular flexibility index (Phi) is 6.34. The van der Waals surface area contributed by atoms with Gasteiger partial charge in [0.25, 0.3) is 5.56 Å². The number of halogens is 1. The first-order valence-corrected chi connectivity index (χ1v) is 12.9. The quantitative estimate of drug-likeness (QED) is 0.402. The van der Waals surface area contributed by atoms with Crippen LogP contribution in [0.1, 0.15) is 12.0 Å². The van der Waals surface area contributed by atoms with E-state index in [-0.39, 0.29) is 47.1 Å². The number of aromatic nitrogens is 2. The molecule has 1 aliphatic rings. The van der Waals surface area contributed by atoms with Crippen LogP contribution in [0.25, 0.3) is 10.9 Å². The highest BCUT2D eigenvalue weighted by Crippen LogP contribution is 2.22. The van der Waals surface area contributed by atoms with Gasteiger partial charge < -0.3 is 4.90 Å². The van der Waals surface area contributed by atoms with Gasteiger partial charge in [-0.05, 0) is 36.2 Å². The highest BCUT2D eigenvalue weighted by Gasteiger charge is 2.32. The number of nitrogens with zero attached hydrogens (tertiary/aromatic N) is 3. The van der Waals surface area contributed by atoms with E-state index in [2.05, 4.69) is 4.98 Å².